The quantitative estimate of drug-likeness (QED) is 0.549. The number of benzene rings is 2. The molecular weight excluding hydrogens is 366 g/mol. The Morgan fingerprint density at radius 2 is 1.70 bits per heavy atom. The largest absolute Gasteiger partial charge is 0.459 e. The molecule has 0 fully saturated rings. The van der Waals surface area contributed by atoms with Crippen LogP contribution in [0.25, 0.3) is 22.8 Å². The highest BCUT2D eigenvalue weighted by Crippen LogP contribution is 2.24. The summed E-state index contributed by atoms with van der Waals surface area (Å²) in [5.41, 5.74) is 2.21. The molecule has 0 spiro atoms. The van der Waals surface area contributed by atoms with E-state index in [0.29, 0.717) is 22.2 Å². The van der Waals surface area contributed by atoms with Gasteiger partial charge in [-0.2, -0.15) is 0 Å². The van der Waals surface area contributed by atoms with Crippen molar-refractivity contribution in [3.05, 3.63) is 83.4 Å². The van der Waals surface area contributed by atoms with E-state index in [0.717, 1.165) is 16.9 Å². The molecule has 0 aliphatic carbocycles. The van der Waals surface area contributed by atoms with Crippen molar-refractivity contribution in [2.45, 2.75) is 6.54 Å². The molecular formula is C20H14ClN3O3. The van der Waals surface area contributed by atoms with Gasteiger partial charge in [0.2, 0.25) is 12.3 Å². The maximum Gasteiger partial charge on any atom is 0.251 e. The summed E-state index contributed by atoms with van der Waals surface area (Å²) in [6, 6.07) is 18.0. The zero-order valence-electron chi connectivity index (χ0n) is 14.1. The standard InChI is InChI=1S/C20H14ClN3O3/c21-16-7-5-13(6-8-16)18-10-9-17(27-18)11-22-19(25)14-1-3-15(4-2-14)20-24-23-12-26-20/h1-10,12H,11H2,(H,22,25). The summed E-state index contributed by atoms with van der Waals surface area (Å²) in [4.78, 5) is 12.3. The molecule has 1 amide bonds. The van der Waals surface area contributed by atoms with Crippen LogP contribution in [0.2, 0.25) is 5.02 Å². The molecule has 4 rings (SSSR count). The maximum atomic E-state index is 12.3. The molecule has 0 atom stereocenters. The van der Waals surface area contributed by atoms with Crippen LogP contribution >= 0.6 is 11.6 Å². The van der Waals surface area contributed by atoms with Gasteiger partial charge in [-0.3, -0.25) is 4.79 Å². The van der Waals surface area contributed by atoms with E-state index in [-0.39, 0.29) is 12.5 Å². The normalized spacial score (nSPS) is 10.7. The molecule has 0 aliphatic rings. The predicted molar refractivity (Wildman–Crippen MR) is 100 cm³/mol. The molecule has 2 heterocycles. The van der Waals surface area contributed by atoms with Crippen LogP contribution in [-0.4, -0.2) is 16.1 Å². The van der Waals surface area contributed by atoms with Gasteiger partial charge >= 0.3 is 0 Å². The zero-order chi connectivity index (χ0) is 18.6. The van der Waals surface area contributed by atoms with Crippen molar-refractivity contribution in [2.75, 3.05) is 0 Å². The van der Waals surface area contributed by atoms with Crippen LogP contribution < -0.4 is 5.32 Å². The molecule has 6 nitrogen and oxygen atoms in total. The smallest absolute Gasteiger partial charge is 0.251 e. The summed E-state index contributed by atoms with van der Waals surface area (Å²) in [7, 11) is 0. The third-order valence-electron chi connectivity index (χ3n) is 3.97. The second-order valence-corrected chi connectivity index (χ2v) is 6.21. The van der Waals surface area contributed by atoms with E-state index in [4.69, 9.17) is 20.4 Å². The fraction of sp³-hybridized carbons (Fsp3) is 0.0500. The SMILES string of the molecule is O=C(NCc1ccc(-c2ccc(Cl)cc2)o1)c1ccc(-c2nnco2)cc1. The third-order valence-corrected chi connectivity index (χ3v) is 4.22. The second-order valence-electron chi connectivity index (χ2n) is 5.78. The summed E-state index contributed by atoms with van der Waals surface area (Å²) >= 11 is 5.90. The number of nitrogens with zero attached hydrogens (tertiary/aromatic N) is 2. The number of halogens is 1. The fourth-order valence-electron chi connectivity index (χ4n) is 2.57. The van der Waals surface area contributed by atoms with Crippen molar-refractivity contribution < 1.29 is 13.6 Å². The molecule has 134 valence electrons. The molecule has 7 heteroatoms. The maximum absolute atomic E-state index is 12.3. The fourth-order valence-corrected chi connectivity index (χ4v) is 2.70. The highest BCUT2D eigenvalue weighted by Gasteiger charge is 2.10. The number of amides is 1. The zero-order valence-corrected chi connectivity index (χ0v) is 14.8. The Bertz CT molecular complexity index is 1040. The van der Waals surface area contributed by atoms with Crippen LogP contribution in [-0.2, 0) is 6.54 Å². The highest BCUT2D eigenvalue weighted by molar-refractivity contribution is 6.30. The Balaban J connectivity index is 1.38. The Morgan fingerprint density at radius 3 is 2.41 bits per heavy atom. The first-order valence-corrected chi connectivity index (χ1v) is 8.56. The topological polar surface area (TPSA) is 81.2 Å². The van der Waals surface area contributed by atoms with Gasteiger partial charge in [0.05, 0.1) is 6.54 Å². The van der Waals surface area contributed by atoms with Crippen molar-refractivity contribution >= 4 is 17.5 Å². The minimum Gasteiger partial charge on any atom is -0.459 e. The van der Waals surface area contributed by atoms with E-state index in [9.17, 15) is 4.79 Å². The summed E-state index contributed by atoms with van der Waals surface area (Å²) in [6.07, 6.45) is 1.26. The van der Waals surface area contributed by atoms with E-state index in [1.807, 2.05) is 24.3 Å². The lowest BCUT2D eigenvalue weighted by molar-refractivity contribution is 0.0948. The van der Waals surface area contributed by atoms with Gasteiger partial charge in [0.25, 0.3) is 5.91 Å². The lowest BCUT2D eigenvalue weighted by atomic mass is 10.1. The number of rotatable bonds is 5. The van der Waals surface area contributed by atoms with Crippen molar-refractivity contribution in [2.24, 2.45) is 0 Å². The molecule has 0 aliphatic heterocycles. The van der Waals surface area contributed by atoms with Crippen molar-refractivity contribution in [3.8, 4) is 22.8 Å². The molecule has 2 aromatic heterocycles. The van der Waals surface area contributed by atoms with Gasteiger partial charge < -0.3 is 14.2 Å². The Labute approximate surface area is 159 Å². The van der Waals surface area contributed by atoms with Crippen LogP contribution in [0, 0.1) is 0 Å². The average Bonchev–Trinajstić information content (AvgIpc) is 3.39. The van der Waals surface area contributed by atoms with Crippen LogP contribution in [0.1, 0.15) is 16.1 Å². The van der Waals surface area contributed by atoms with Gasteiger partial charge in [-0.15, -0.1) is 10.2 Å². The van der Waals surface area contributed by atoms with Crippen LogP contribution in [0.3, 0.4) is 0 Å². The molecule has 0 radical (unpaired) electrons. The van der Waals surface area contributed by atoms with E-state index in [2.05, 4.69) is 15.5 Å². The van der Waals surface area contributed by atoms with Crippen molar-refractivity contribution in [3.63, 3.8) is 0 Å². The van der Waals surface area contributed by atoms with Crippen LogP contribution in [0.15, 0.2) is 75.9 Å². The van der Waals surface area contributed by atoms with Gasteiger partial charge in [0, 0.05) is 21.7 Å². The molecule has 0 saturated heterocycles. The average molecular weight is 380 g/mol. The lowest BCUT2D eigenvalue weighted by Gasteiger charge is -2.04. The predicted octanol–water partition coefficient (Wildman–Crippen LogP) is 4.58. The van der Waals surface area contributed by atoms with Crippen LogP contribution in [0.5, 0.6) is 0 Å². The monoisotopic (exact) mass is 379 g/mol. The number of nitrogens with one attached hydrogen (secondary N) is 1. The molecule has 27 heavy (non-hydrogen) atoms. The van der Waals surface area contributed by atoms with E-state index in [1.165, 1.54) is 6.39 Å². The third kappa shape index (κ3) is 3.91. The summed E-state index contributed by atoms with van der Waals surface area (Å²) in [5.74, 6) is 1.60. The van der Waals surface area contributed by atoms with E-state index >= 15 is 0 Å². The summed E-state index contributed by atoms with van der Waals surface area (Å²) < 4.78 is 10.9. The van der Waals surface area contributed by atoms with Crippen molar-refractivity contribution in [1.29, 1.82) is 0 Å². The second kappa shape index (κ2) is 7.47. The molecule has 2 aromatic carbocycles. The number of carbonyl (C=O) groups is 1. The van der Waals surface area contributed by atoms with E-state index < -0.39 is 0 Å². The number of hydrogen-bond donors (Lipinski definition) is 1. The summed E-state index contributed by atoms with van der Waals surface area (Å²) in [6.45, 7) is 0.290. The number of carbonyl (C=O) groups excluding carboxylic acids is 1. The molecule has 4 aromatic rings. The molecule has 0 bridgehead atoms. The first-order valence-electron chi connectivity index (χ1n) is 8.18. The Kier molecular flexibility index (Phi) is 4.72. The van der Waals surface area contributed by atoms with Gasteiger partial charge in [-0.1, -0.05) is 11.6 Å². The minimum atomic E-state index is -0.198. The first kappa shape index (κ1) is 17.1. The van der Waals surface area contributed by atoms with Gasteiger partial charge in [0.15, 0.2) is 0 Å². The highest BCUT2D eigenvalue weighted by atomic mass is 35.5. The first-order chi connectivity index (χ1) is 13.2. The Morgan fingerprint density at radius 1 is 0.963 bits per heavy atom. The molecule has 1 N–H and O–H groups in total. The number of aromatic nitrogens is 2. The molecule has 0 saturated carbocycles. The Hall–Kier alpha value is -3.38. The molecule has 0 unspecified atom stereocenters. The van der Waals surface area contributed by atoms with Crippen LogP contribution in [0.4, 0.5) is 0 Å². The van der Waals surface area contributed by atoms with Gasteiger partial charge in [0.1, 0.15) is 11.5 Å². The number of furan rings is 1. The number of hydrogen-bond acceptors (Lipinski definition) is 5. The summed E-state index contributed by atoms with van der Waals surface area (Å²) in [5, 5.41) is 11.0. The van der Waals surface area contributed by atoms with E-state index in [1.54, 1.807) is 36.4 Å². The van der Waals surface area contributed by atoms with Gasteiger partial charge in [-0.05, 0) is 60.7 Å². The lowest BCUT2D eigenvalue weighted by Crippen LogP contribution is -2.22. The minimum absolute atomic E-state index is 0.198. The van der Waals surface area contributed by atoms with Gasteiger partial charge in [-0.25, -0.2) is 0 Å². The van der Waals surface area contributed by atoms with Crippen molar-refractivity contribution in [1.82, 2.24) is 15.5 Å².